The van der Waals surface area contributed by atoms with Crippen molar-refractivity contribution < 1.29 is 23.9 Å². The highest BCUT2D eigenvalue weighted by atomic mass is 16.5. The van der Waals surface area contributed by atoms with Crippen molar-refractivity contribution in [1.29, 1.82) is 0 Å². The second-order valence-electron chi connectivity index (χ2n) is 5.76. The molecule has 0 aromatic heterocycles. The summed E-state index contributed by atoms with van der Waals surface area (Å²) in [5.74, 6) is -0.144. The minimum absolute atomic E-state index is 0.238. The van der Waals surface area contributed by atoms with Crippen LogP contribution in [0, 0.1) is 0 Å². The molecule has 0 bridgehead atoms. The number of methoxy groups -OCH3 is 1. The summed E-state index contributed by atoms with van der Waals surface area (Å²) in [5, 5.41) is 2.78. The molecule has 26 heavy (non-hydrogen) atoms. The van der Waals surface area contributed by atoms with E-state index in [1.807, 2.05) is 30.3 Å². The molecular weight excluding hydrogens is 334 g/mol. The fourth-order valence-electron chi connectivity index (χ4n) is 3.00. The molecule has 3 rings (SSSR count). The van der Waals surface area contributed by atoms with E-state index in [-0.39, 0.29) is 18.2 Å². The lowest BCUT2D eigenvalue weighted by molar-refractivity contribution is -0.143. The number of ketones is 1. The quantitative estimate of drug-likeness (QED) is 0.492. The number of nitrogens with one attached hydrogen (secondary N) is 1. The first-order chi connectivity index (χ1) is 12.6. The number of fused-ring (bicyclic) bond motifs is 1. The van der Waals surface area contributed by atoms with E-state index in [0.29, 0.717) is 28.1 Å². The Morgan fingerprint density at radius 3 is 2.50 bits per heavy atom. The van der Waals surface area contributed by atoms with Crippen molar-refractivity contribution in [3.63, 3.8) is 0 Å². The fraction of sp³-hybridized carbons (Fsp3) is 0.150. The maximum absolute atomic E-state index is 12.5. The molecular formula is C20H17NO5. The minimum Gasteiger partial charge on any atom is -0.495 e. The van der Waals surface area contributed by atoms with Crippen LogP contribution in [-0.2, 0) is 23.9 Å². The van der Waals surface area contributed by atoms with E-state index in [9.17, 15) is 14.4 Å². The van der Waals surface area contributed by atoms with Crippen molar-refractivity contribution in [3.05, 3.63) is 65.2 Å². The molecule has 2 aromatic rings. The fourth-order valence-corrected chi connectivity index (χ4v) is 3.00. The Morgan fingerprint density at radius 2 is 1.88 bits per heavy atom. The molecule has 1 aliphatic rings. The van der Waals surface area contributed by atoms with Crippen molar-refractivity contribution in [3.8, 4) is 0 Å². The van der Waals surface area contributed by atoms with Gasteiger partial charge in [0.2, 0.25) is 0 Å². The van der Waals surface area contributed by atoms with Gasteiger partial charge in [0.1, 0.15) is 5.76 Å². The SMILES string of the molecule is COC(=C1C(=O)Nc2cc(C(OC=O)C(C)=O)ccc21)c1ccccc1. The average Bonchev–Trinajstić information content (AvgIpc) is 2.96. The number of carbonyl (C=O) groups is 3. The van der Waals surface area contributed by atoms with E-state index in [4.69, 9.17) is 9.47 Å². The zero-order valence-electron chi connectivity index (χ0n) is 14.3. The Bertz CT molecular complexity index is 902. The van der Waals surface area contributed by atoms with E-state index in [1.165, 1.54) is 14.0 Å². The van der Waals surface area contributed by atoms with Crippen LogP contribution < -0.4 is 5.32 Å². The molecule has 2 aromatic carbocycles. The molecule has 1 heterocycles. The number of hydrogen-bond acceptors (Lipinski definition) is 5. The summed E-state index contributed by atoms with van der Waals surface area (Å²) in [7, 11) is 1.51. The van der Waals surface area contributed by atoms with Gasteiger partial charge in [-0.3, -0.25) is 14.4 Å². The lowest BCUT2D eigenvalue weighted by Gasteiger charge is -2.13. The van der Waals surface area contributed by atoms with E-state index < -0.39 is 6.10 Å². The van der Waals surface area contributed by atoms with Gasteiger partial charge >= 0.3 is 0 Å². The molecule has 0 radical (unpaired) electrons. The van der Waals surface area contributed by atoms with Crippen LogP contribution in [0.5, 0.6) is 0 Å². The van der Waals surface area contributed by atoms with Gasteiger partial charge in [0, 0.05) is 22.4 Å². The molecule has 1 atom stereocenters. The second kappa shape index (κ2) is 7.23. The van der Waals surface area contributed by atoms with Crippen LogP contribution in [0.1, 0.15) is 29.7 Å². The highest BCUT2D eigenvalue weighted by molar-refractivity contribution is 6.36. The molecule has 132 valence electrons. The number of benzene rings is 2. The van der Waals surface area contributed by atoms with Crippen LogP contribution in [0.2, 0.25) is 0 Å². The first kappa shape index (κ1) is 17.4. The third kappa shape index (κ3) is 3.09. The Kier molecular flexibility index (Phi) is 4.84. The van der Waals surface area contributed by atoms with Crippen molar-refractivity contribution in [2.24, 2.45) is 0 Å². The van der Waals surface area contributed by atoms with Gasteiger partial charge < -0.3 is 14.8 Å². The predicted molar refractivity (Wildman–Crippen MR) is 95.9 cm³/mol. The van der Waals surface area contributed by atoms with Crippen molar-refractivity contribution in [2.45, 2.75) is 13.0 Å². The molecule has 0 aliphatic carbocycles. The zero-order chi connectivity index (χ0) is 18.7. The van der Waals surface area contributed by atoms with E-state index in [0.717, 1.165) is 5.56 Å². The molecule has 1 amide bonds. The lowest BCUT2D eigenvalue weighted by atomic mass is 9.98. The largest absolute Gasteiger partial charge is 0.495 e. The summed E-state index contributed by atoms with van der Waals surface area (Å²) in [4.78, 5) is 34.9. The van der Waals surface area contributed by atoms with Gasteiger partial charge in [-0.2, -0.15) is 0 Å². The van der Waals surface area contributed by atoms with Crippen LogP contribution >= 0.6 is 0 Å². The molecule has 1 aliphatic heterocycles. The summed E-state index contributed by atoms with van der Waals surface area (Å²) >= 11 is 0. The maximum atomic E-state index is 12.5. The van der Waals surface area contributed by atoms with Crippen LogP contribution in [0.3, 0.4) is 0 Å². The maximum Gasteiger partial charge on any atom is 0.294 e. The number of carbonyl (C=O) groups excluding carboxylic acids is 3. The van der Waals surface area contributed by atoms with Crippen LogP contribution in [0.4, 0.5) is 5.69 Å². The molecule has 6 nitrogen and oxygen atoms in total. The monoisotopic (exact) mass is 351 g/mol. The lowest BCUT2D eigenvalue weighted by Crippen LogP contribution is -2.12. The highest BCUT2D eigenvalue weighted by Crippen LogP contribution is 2.38. The number of anilines is 1. The summed E-state index contributed by atoms with van der Waals surface area (Å²) in [6.07, 6.45) is -1.00. The van der Waals surface area contributed by atoms with E-state index >= 15 is 0 Å². The molecule has 0 saturated carbocycles. The predicted octanol–water partition coefficient (Wildman–Crippen LogP) is 2.96. The van der Waals surface area contributed by atoms with Gasteiger partial charge in [-0.25, -0.2) is 0 Å². The smallest absolute Gasteiger partial charge is 0.294 e. The van der Waals surface area contributed by atoms with Crippen LogP contribution in [-0.4, -0.2) is 25.3 Å². The Hall–Kier alpha value is -3.41. The number of ether oxygens (including phenoxy) is 2. The first-order valence-corrected chi connectivity index (χ1v) is 7.95. The Morgan fingerprint density at radius 1 is 1.15 bits per heavy atom. The van der Waals surface area contributed by atoms with Gasteiger partial charge in [0.05, 0.1) is 12.7 Å². The van der Waals surface area contributed by atoms with E-state index in [1.54, 1.807) is 18.2 Å². The molecule has 1 unspecified atom stereocenters. The topological polar surface area (TPSA) is 81.7 Å². The van der Waals surface area contributed by atoms with Crippen molar-refractivity contribution in [1.82, 2.24) is 0 Å². The van der Waals surface area contributed by atoms with Gasteiger partial charge in [-0.15, -0.1) is 0 Å². The summed E-state index contributed by atoms with van der Waals surface area (Å²) in [6, 6.07) is 14.3. The Labute approximate surface area is 150 Å². The van der Waals surface area contributed by atoms with Gasteiger partial charge in [-0.05, 0) is 13.0 Å². The van der Waals surface area contributed by atoms with Crippen LogP contribution in [0.15, 0.2) is 48.5 Å². The molecule has 0 spiro atoms. The third-order valence-electron chi connectivity index (χ3n) is 4.12. The Balaban J connectivity index is 2.10. The normalized spacial score (nSPS) is 15.5. The number of rotatable bonds is 6. The second-order valence-corrected chi connectivity index (χ2v) is 5.76. The van der Waals surface area contributed by atoms with Crippen molar-refractivity contribution in [2.75, 3.05) is 12.4 Å². The van der Waals surface area contributed by atoms with E-state index in [2.05, 4.69) is 5.32 Å². The summed E-state index contributed by atoms with van der Waals surface area (Å²) in [6.45, 7) is 1.57. The molecule has 0 saturated heterocycles. The van der Waals surface area contributed by atoms with Crippen LogP contribution in [0.25, 0.3) is 11.3 Å². The first-order valence-electron chi connectivity index (χ1n) is 7.95. The number of amides is 1. The third-order valence-corrected chi connectivity index (χ3v) is 4.12. The standard InChI is InChI=1S/C20H17NO5/c1-12(23)18(26-11-22)14-8-9-15-16(10-14)21-20(24)17(15)19(25-2)13-6-4-3-5-7-13/h3-11,18H,1-2H3,(H,21,24). The van der Waals surface area contributed by atoms with Gasteiger partial charge in [0.25, 0.3) is 12.4 Å². The molecule has 0 fully saturated rings. The average molecular weight is 351 g/mol. The minimum atomic E-state index is -1.00. The summed E-state index contributed by atoms with van der Waals surface area (Å²) in [5.41, 5.74) is 2.88. The highest BCUT2D eigenvalue weighted by Gasteiger charge is 2.30. The summed E-state index contributed by atoms with van der Waals surface area (Å²) < 4.78 is 10.4. The molecule has 1 N–H and O–H groups in total. The number of Topliss-reactive ketones (excluding diaryl/α,β-unsaturated/α-hetero) is 1. The van der Waals surface area contributed by atoms with Crippen molar-refractivity contribution >= 4 is 35.2 Å². The van der Waals surface area contributed by atoms with Gasteiger partial charge in [0.15, 0.2) is 11.9 Å². The van der Waals surface area contributed by atoms with Gasteiger partial charge in [-0.1, -0.05) is 42.5 Å². The molecule has 6 heteroatoms. The number of hydrogen-bond donors (Lipinski definition) is 1. The zero-order valence-corrected chi connectivity index (χ0v) is 14.3.